The van der Waals surface area contributed by atoms with Gasteiger partial charge in [-0.2, -0.15) is 0 Å². The van der Waals surface area contributed by atoms with Crippen LogP contribution < -0.4 is 10.6 Å². The van der Waals surface area contributed by atoms with Crippen LogP contribution >= 0.6 is 23.6 Å². The fourth-order valence-corrected chi connectivity index (χ4v) is 2.76. The van der Waals surface area contributed by atoms with E-state index in [2.05, 4.69) is 27.4 Å². The van der Waals surface area contributed by atoms with Crippen molar-refractivity contribution in [1.82, 2.24) is 4.98 Å². The Hall–Kier alpha value is -1.46. The average Bonchev–Trinajstić information content (AvgIpc) is 2.74. The molecule has 0 aliphatic rings. The van der Waals surface area contributed by atoms with Gasteiger partial charge >= 0.3 is 0 Å². The van der Waals surface area contributed by atoms with Gasteiger partial charge in [0.2, 0.25) is 0 Å². The summed E-state index contributed by atoms with van der Waals surface area (Å²) in [6, 6.07) is 6.16. The van der Waals surface area contributed by atoms with Crippen LogP contribution in [0.25, 0.3) is 0 Å². The molecule has 0 aliphatic heterocycles. The highest BCUT2D eigenvalue weighted by Crippen LogP contribution is 2.23. The molecular formula is C14H17N3S2. The Morgan fingerprint density at radius 3 is 2.74 bits per heavy atom. The minimum absolute atomic E-state index is 0.431. The molecule has 0 amide bonds. The smallest absolute Gasteiger partial charge is 0.106 e. The molecule has 100 valence electrons. The number of thiocarbonyl (C=S) groups is 1. The Bertz CT molecular complexity index is 604. The number of benzene rings is 1. The van der Waals surface area contributed by atoms with Crippen LogP contribution in [0, 0.1) is 13.8 Å². The fourth-order valence-electron chi connectivity index (χ4n) is 1.99. The second kappa shape index (κ2) is 5.67. The van der Waals surface area contributed by atoms with Crippen LogP contribution in [-0.2, 0) is 6.54 Å². The number of nitrogens with zero attached hydrogens (tertiary/aromatic N) is 2. The van der Waals surface area contributed by atoms with E-state index in [0.29, 0.717) is 4.99 Å². The number of rotatable bonds is 4. The van der Waals surface area contributed by atoms with E-state index < -0.39 is 0 Å². The normalized spacial score (nSPS) is 10.5. The molecule has 0 bridgehead atoms. The average molecular weight is 291 g/mol. The standard InChI is InChI=1S/C14H17N3S2/c1-9-4-5-13(12(6-9)14(15)18)17(3)7-11-8-19-10(2)16-11/h4-6,8H,7H2,1-3H3,(H2,15,18). The van der Waals surface area contributed by atoms with Crippen LogP contribution in [0.4, 0.5) is 5.69 Å². The van der Waals surface area contributed by atoms with Gasteiger partial charge < -0.3 is 10.6 Å². The molecule has 2 rings (SSSR count). The van der Waals surface area contributed by atoms with Gasteiger partial charge in [0.05, 0.1) is 17.2 Å². The number of thiazole rings is 1. The van der Waals surface area contributed by atoms with Crippen molar-refractivity contribution in [3.8, 4) is 0 Å². The van der Waals surface area contributed by atoms with E-state index in [9.17, 15) is 0 Å². The summed E-state index contributed by atoms with van der Waals surface area (Å²) in [4.78, 5) is 7.04. The van der Waals surface area contributed by atoms with Crippen LogP contribution in [0.2, 0.25) is 0 Å². The van der Waals surface area contributed by atoms with Crippen molar-refractivity contribution in [1.29, 1.82) is 0 Å². The zero-order chi connectivity index (χ0) is 14.0. The molecular weight excluding hydrogens is 274 g/mol. The van der Waals surface area contributed by atoms with Gasteiger partial charge in [-0.25, -0.2) is 4.98 Å². The molecule has 1 aromatic heterocycles. The SMILES string of the molecule is Cc1ccc(N(C)Cc2csc(C)n2)c(C(N)=S)c1. The predicted molar refractivity (Wildman–Crippen MR) is 86.0 cm³/mol. The minimum atomic E-state index is 0.431. The van der Waals surface area contributed by atoms with E-state index in [1.807, 2.05) is 27.0 Å². The first-order valence-electron chi connectivity index (χ1n) is 6.00. The van der Waals surface area contributed by atoms with Crippen LogP contribution in [0.5, 0.6) is 0 Å². The molecule has 0 aliphatic carbocycles. The van der Waals surface area contributed by atoms with Crippen LogP contribution in [0.3, 0.4) is 0 Å². The molecule has 2 aromatic rings. The number of aromatic nitrogens is 1. The molecule has 3 nitrogen and oxygen atoms in total. The first-order valence-corrected chi connectivity index (χ1v) is 7.29. The maximum atomic E-state index is 5.81. The Balaban J connectivity index is 2.28. The lowest BCUT2D eigenvalue weighted by molar-refractivity contribution is 0.889. The Morgan fingerprint density at radius 1 is 1.42 bits per heavy atom. The van der Waals surface area contributed by atoms with Gasteiger partial charge in [0.25, 0.3) is 0 Å². The summed E-state index contributed by atoms with van der Waals surface area (Å²) in [5.41, 5.74) is 10.0. The Kier molecular flexibility index (Phi) is 4.17. The second-order valence-electron chi connectivity index (χ2n) is 4.60. The summed E-state index contributed by atoms with van der Waals surface area (Å²) in [5, 5.41) is 3.17. The Morgan fingerprint density at radius 2 is 2.16 bits per heavy atom. The quantitative estimate of drug-likeness (QED) is 0.879. The van der Waals surface area contributed by atoms with Crippen molar-refractivity contribution in [3.63, 3.8) is 0 Å². The van der Waals surface area contributed by atoms with Crippen molar-refractivity contribution in [2.24, 2.45) is 5.73 Å². The van der Waals surface area contributed by atoms with E-state index >= 15 is 0 Å². The predicted octanol–water partition coefficient (Wildman–Crippen LogP) is 3.03. The van der Waals surface area contributed by atoms with Crippen LogP contribution in [0.1, 0.15) is 21.8 Å². The Labute approximate surface area is 123 Å². The van der Waals surface area contributed by atoms with Gasteiger partial charge in [-0.15, -0.1) is 11.3 Å². The lowest BCUT2D eigenvalue weighted by Crippen LogP contribution is -2.21. The maximum absolute atomic E-state index is 5.81. The van der Waals surface area contributed by atoms with Crippen molar-refractivity contribution < 1.29 is 0 Å². The topological polar surface area (TPSA) is 42.2 Å². The van der Waals surface area contributed by atoms with Gasteiger partial charge in [-0.05, 0) is 26.0 Å². The lowest BCUT2D eigenvalue weighted by atomic mass is 10.1. The molecule has 1 aromatic carbocycles. The lowest BCUT2D eigenvalue weighted by Gasteiger charge is -2.21. The molecule has 0 saturated carbocycles. The third-order valence-electron chi connectivity index (χ3n) is 2.89. The summed E-state index contributed by atoms with van der Waals surface area (Å²) in [6.07, 6.45) is 0. The molecule has 0 radical (unpaired) electrons. The number of hydrogen-bond acceptors (Lipinski definition) is 4. The zero-order valence-corrected chi connectivity index (χ0v) is 12.9. The third-order valence-corrected chi connectivity index (χ3v) is 3.94. The van der Waals surface area contributed by atoms with Crippen LogP contribution in [0.15, 0.2) is 23.6 Å². The molecule has 0 atom stereocenters. The van der Waals surface area contributed by atoms with Gasteiger partial charge in [0, 0.05) is 23.7 Å². The van der Waals surface area contributed by atoms with Gasteiger partial charge in [-0.1, -0.05) is 23.8 Å². The first kappa shape index (κ1) is 14.0. The third kappa shape index (κ3) is 3.30. The minimum Gasteiger partial charge on any atom is -0.389 e. The van der Waals surface area contributed by atoms with Crippen molar-refractivity contribution in [3.05, 3.63) is 45.4 Å². The zero-order valence-electron chi connectivity index (χ0n) is 11.3. The number of anilines is 1. The second-order valence-corrected chi connectivity index (χ2v) is 6.10. The summed E-state index contributed by atoms with van der Waals surface area (Å²) in [7, 11) is 2.03. The monoisotopic (exact) mass is 291 g/mol. The number of aryl methyl sites for hydroxylation is 2. The first-order chi connectivity index (χ1) is 8.97. The molecule has 2 N–H and O–H groups in total. The molecule has 0 unspecified atom stereocenters. The summed E-state index contributed by atoms with van der Waals surface area (Å²) in [5.74, 6) is 0. The number of nitrogens with two attached hydrogens (primary N) is 1. The van der Waals surface area contributed by atoms with E-state index in [4.69, 9.17) is 18.0 Å². The molecule has 0 spiro atoms. The van der Waals surface area contributed by atoms with Gasteiger partial charge in [-0.3, -0.25) is 0 Å². The molecule has 0 saturated heterocycles. The highest BCUT2D eigenvalue weighted by molar-refractivity contribution is 7.80. The maximum Gasteiger partial charge on any atom is 0.106 e. The van der Waals surface area contributed by atoms with Crippen molar-refractivity contribution in [2.75, 3.05) is 11.9 Å². The summed E-state index contributed by atoms with van der Waals surface area (Å²) >= 11 is 6.80. The van der Waals surface area contributed by atoms with E-state index in [0.717, 1.165) is 34.1 Å². The van der Waals surface area contributed by atoms with Gasteiger partial charge in [0.1, 0.15) is 4.99 Å². The highest BCUT2D eigenvalue weighted by atomic mass is 32.1. The molecule has 1 heterocycles. The summed E-state index contributed by atoms with van der Waals surface area (Å²) < 4.78 is 0. The van der Waals surface area contributed by atoms with E-state index in [-0.39, 0.29) is 0 Å². The molecule has 5 heteroatoms. The van der Waals surface area contributed by atoms with E-state index in [1.54, 1.807) is 11.3 Å². The van der Waals surface area contributed by atoms with E-state index in [1.165, 1.54) is 0 Å². The highest BCUT2D eigenvalue weighted by Gasteiger charge is 2.11. The number of hydrogen-bond donors (Lipinski definition) is 1. The van der Waals surface area contributed by atoms with Crippen molar-refractivity contribution >= 4 is 34.2 Å². The molecule has 19 heavy (non-hydrogen) atoms. The summed E-state index contributed by atoms with van der Waals surface area (Å²) in [6.45, 7) is 4.80. The van der Waals surface area contributed by atoms with Gasteiger partial charge in [0.15, 0.2) is 0 Å². The van der Waals surface area contributed by atoms with Crippen LogP contribution in [-0.4, -0.2) is 17.0 Å². The van der Waals surface area contributed by atoms with Crippen molar-refractivity contribution in [2.45, 2.75) is 20.4 Å². The molecule has 0 fully saturated rings. The fraction of sp³-hybridized carbons (Fsp3) is 0.286. The largest absolute Gasteiger partial charge is 0.389 e.